The van der Waals surface area contributed by atoms with Crippen molar-refractivity contribution in [2.24, 2.45) is 0 Å². The predicted octanol–water partition coefficient (Wildman–Crippen LogP) is 3.49. The number of nitrogens with one attached hydrogen (secondary N) is 1. The Morgan fingerprint density at radius 1 is 1.32 bits per heavy atom. The largest absolute Gasteiger partial charge is 0.397 e. The summed E-state index contributed by atoms with van der Waals surface area (Å²) in [4.78, 5) is 35.2. The average molecular weight is 443 g/mol. The van der Waals surface area contributed by atoms with Crippen molar-refractivity contribution in [1.29, 1.82) is 0 Å². The smallest absolute Gasteiger partial charge is 0.271 e. The van der Waals surface area contributed by atoms with Crippen molar-refractivity contribution in [2.45, 2.75) is 13.5 Å². The van der Waals surface area contributed by atoms with E-state index in [0.717, 1.165) is 32.8 Å². The number of benzene rings is 1. The second kappa shape index (κ2) is 9.06. The molecule has 10 nitrogen and oxygen atoms in total. The number of carbonyl (C=O) groups is 1. The number of nitrogens with two attached hydrogens (primary N) is 1. The standard InChI is InChI=1S/C17H15N5O3S.C3H7NO/c1-8-5-9(7-25-2)13-14(18)15(26-17(13)19-8)16-20-11-4-3-10(22(23)24)6-12(11)21-16;1-4(2)3-5/h3-6H,7,18H2,1-2H3,(H,20,21);3H,1-2H3. The minimum atomic E-state index is -0.433. The number of nitro groups is 1. The highest BCUT2D eigenvalue weighted by molar-refractivity contribution is 7.22. The first kappa shape index (κ1) is 22.1. The Morgan fingerprint density at radius 3 is 2.65 bits per heavy atom. The number of aromatic amines is 1. The van der Waals surface area contributed by atoms with Crippen molar-refractivity contribution in [3.05, 3.63) is 45.6 Å². The van der Waals surface area contributed by atoms with Crippen molar-refractivity contribution in [3.63, 3.8) is 0 Å². The van der Waals surface area contributed by atoms with E-state index in [0.29, 0.717) is 29.2 Å². The summed E-state index contributed by atoms with van der Waals surface area (Å²) in [5.74, 6) is 0.571. The molecule has 0 aliphatic heterocycles. The van der Waals surface area contributed by atoms with E-state index in [4.69, 9.17) is 10.5 Å². The van der Waals surface area contributed by atoms with Gasteiger partial charge in [0.15, 0.2) is 5.82 Å². The summed E-state index contributed by atoms with van der Waals surface area (Å²) < 4.78 is 5.28. The molecule has 0 saturated heterocycles. The van der Waals surface area contributed by atoms with Crippen LogP contribution in [0.25, 0.3) is 32.0 Å². The highest BCUT2D eigenvalue weighted by atomic mass is 32.1. The van der Waals surface area contributed by atoms with E-state index < -0.39 is 4.92 Å². The monoisotopic (exact) mass is 442 g/mol. The average Bonchev–Trinajstić information content (AvgIpc) is 3.28. The van der Waals surface area contributed by atoms with Crippen LogP contribution in [0.15, 0.2) is 24.3 Å². The number of nitrogen functional groups attached to an aromatic ring is 1. The van der Waals surface area contributed by atoms with E-state index in [-0.39, 0.29) is 5.69 Å². The van der Waals surface area contributed by atoms with Gasteiger partial charge in [-0.1, -0.05) is 0 Å². The minimum absolute atomic E-state index is 0.0108. The molecule has 0 atom stereocenters. The Bertz CT molecular complexity index is 1260. The Balaban J connectivity index is 0.000000491. The molecule has 4 rings (SSSR count). The first-order valence-electron chi connectivity index (χ1n) is 9.18. The topological polar surface area (TPSA) is 140 Å². The zero-order valence-corrected chi connectivity index (χ0v) is 18.3. The quantitative estimate of drug-likeness (QED) is 0.274. The molecule has 1 amide bonds. The first-order valence-corrected chi connectivity index (χ1v) is 10.0. The molecular formula is C20H22N6O4S. The van der Waals surface area contributed by atoms with Crippen molar-refractivity contribution >= 4 is 50.4 Å². The lowest BCUT2D eigenvalue weighted by atomic mass is 10.1. The number of ether oxygens (including phenoxy) is 1. The first-order chi connectivity index (χ1) is 14.7. The summed E-state index contributed by atoms with van der Waals surface area (Å²) in [5, 5.41) is 11.8. The molecular weight excluding hydrogens is 420 g/mol. The summed E-state index contributed by atoms with van der Waals surface area (Å²) >= 11 is 1.44. The lowest BCUT2D eigenvalue weighted by molar-refractivity contribution is -0.384. The number of aromatic nitrogens is 3. The molecule has 0 unspecified atom stereocenters. The summed E-state index contributed by atoms with van der Waals surface area (Å²) in [7, 11) is 5.01. The van der Waals surface area contributed by atoms with Crippen LogP contribution in [-0.4, -0.2) is 52.4 Å². The number of nitrogens with zero attached hydrogens (tertiary/aromatic N) is 4. The highest BCUT2D eigenvalue weighted by Gasteiger charge is 2.19. The molecule has 0 aliphatic carbocycles. The molecule has 0 fully saturated rings. The summed E-state index contributed by atoms with van der Waals surface area (Å²) in [6, 6.07) is 6.48. The molecule has 162 valence electrons. The van der Waals surface area contributed by atoms with Crippen LogP contribution < -0.4 is 5.73 Å². The molecule has 0 spiro atoms. The predicted molar refractivity (Wildman–Crippen MR) is 121 cm³/mol. The van der Waals surface area contributed by atoms with Gasteiger partial charge >= 0.3 is 0 Å². The second-order valence-electron chi connectivity index (χ2n) is 6.99. The number of aryl methyl sites for hydroxylation is 1. The van der Waals surface area contributed by atoms with Gasteiger partial charge < -0.3 is 20.4 Å². The van der Waals surface area contributed by atoms with Crippen LogP contribution in [-0.2, 0) is 16.1 Å². The molecule has 0 aliphatic rings. The van der Waals surface area contributed by atoms with Crippen LogP contribution in [0, 0.1) is 17.0 Å². The van der Waals surface area contributed by atoms with Crippen LogP contribution in [0.5, 0.6) is 0 Å². The zero-order chi connectivity index (χ0) is 22.7. The Morgan fingerprint density at radius 2 is 2.03 bits per heavy atom. The third-order valence-corrected chi connectivity index (χ3v) is 5.42. The Hall–Kier alpha value is -3.57. The molecule has 0 radical (unpaired) electrons. The lowest BCUT2D eigenvalue weighted by Gasteiger charge is -2.04. The number of hydrogen-bond donors (Lipinski definition) is 2. The van der Waals surface area contributed by atoms with Crippen molar-refractivity contribution < 1.29 is 14.5 Å². The van der Waals surface area contributed by atoms with Gasteiger partial charge in [-0.05, 0) is 24.6 Å². The third kappa shape index (κ3) is 4.62. The molecule has 3 heterocycles. The van der Waals surface area contributed by atoms with E-state index in [1.54, 1.807) is 27.3 Å². The van der Waals surface area contributed by atoms with Crippen molar-refractivity contribution in [3.8, 4) is 10.7 Å². The van der Waals surface area contributed by atoms with Gasteiger partial charge in [-0.3, -0.25) is 14.9 Å². The molecule has 31 heavy (non-hydrogen) atoms. The fourth-order valence-electron chi connectivity index (χ4n) is 3.00. The number of thiophene rings is 1. The SMILES string of the molecule is CN(C)C=O.COCc1cc(C)nc2sc(-c3nc4ccc([N+](=O)[O-])cc4[nH]3)c(N)c12. The number of rotatable bonds is 5. The normalized spacial score (nSPS) is 10.7. The van der Waals surface area contributed by atoms with E-state index in [1.807, 2.05) is 13.0 Å². The molecule has 11 heteroatoms. The molecule has 4 aromatic rings. The van der Waals surface area contributed by atoms with Crippen LogP contribution in [0.3, 0.4) is 0 Å². The van der Waals surface area contributed by atoms with Crippen LogP contribution in [0.2, 0.25) is 0 Å². The number of pyridine rings is 1. The summed E-state index contributed by atoms with van der Waals surface area (Å²) in [6.07, 6.45) is 0.750. The Kier molecular flexibility index (Phi) is 6.47. The van der Waals surface area contributed by atoms with E-state index in [1.165, 1.54) is 28.4 Å². The number of nitro benzene ring substituents is 1. The van der Waals surface area contributed by atoms with Gasteiger partial charge in [0.2, 0.25) is 6.41 Å². The van der Waals surface area contributed by atoms with Gasteiger partial charge in [-0.15, -0.1) is 11.3 Å². The minimum Gasteiger partial charge on any atom is -0.397 e. The maximum Gasteiger partial charge on any atom is 0.271 e. The molecule has 0 bridgehead atoms. The maximum absolute atomic E-state index is 11.0. The van der Waals surface area contributed by atoms with Gasteiger partial charge in [0.25, 0.3) is 5.69 Å². The van der Waals surface area contributed by atoms with Crippen LogP contribution >= 0.6 is 11.3 Å². The number of methoxy groups -OCH3 is 1. The fraction of sp³-hybridized carbons (Fsp3) is 0.250. The van der Waals surface area contributed by atoms with Crippen LogP contribution in [0.1, 0.15) is 11.3 Å². The van der Waals surface area contributed by atoms with Gasteiger partial charge in [0, 0.05) is 44.4 Å². The number of carbonyl (C=O) groups excluding carboxylic acids is 1. The maximum atomic E-state index is 11.0. The number of amides is 1. The summed E-state index contributed by atoms with van der Waals surface area (Å²) in [5.41, 5.74) is 10.1. The molecule has 0 saturated carbocycles. The van der Waals surface area contributed by atoms with E-state index in [9.17, 15) is 14.9 Å². The number of H-pyrrole nitrogens is 1. The lowest BCUT2D eigenvalue weighted by Crippen LogP contribution is -2.06. The van der Waals surface area contributed by atoms with Gasteiger partial charge in [-0.2, -0.15) is 0 Å². The number of imidazole rings is 1. The molecule has 3 N–H and O–H groups in total. The molecule has 1 aromatic carbocycles. The number of anilines is 1. The van der Waals surface area contributed by atoms with Crippen LogP contribution in [0.4, 0.5) is 11.4 Å². The van der Waals surface area contributed by atoms with Gasteiger partial charge in [-0.25, -0.2) is 9.97 Å². The molecule has 3 aromatic heterocycles. The second-order valence-corrected chi connectivity index (χ2v) is 7.99. The number of fused-ring (bicyclic) bond motifs is 2. The fourth-order valence-corrected chi connectivity index (χ4v) is 4.13. The van der Waals surface area contributed by atoms with Crippen molar-refractivity contribution in [1.82, 2.24) is 19.9 Å². The Labute approximate surface area is 181 Å². The summed E-state index contributed by atoms with van der Waals surface area (Å²) in [6.45, 7) is 2.36. The third-order valence-electron chi connectivity index (χ3n) is 4.31. The van der Waals surface area contributed by atoms with Gasteiger partial charge in [0.05, 0.1) is 33.1 Å². The highest BCUT2D eigenvalue weighted by Crippen LogP contribution is 2.41. The van der Waals surface area contributed by atoms with E-state index >= 15 is 0 Å². The number of non-ortho nitro benzene ring substituents is 1. The van der Waals surface area contributed by atoms with Crippen molar-refractivity contribution in [2.75, 3.05) is 26.9 Å². The number of hydrogen-bond acceptors (Lipinski definition) is 8. The zero-order valence-electron chi connectivity index (χ0n) is 17.5. The van der Waals surface area contributed by atoms with Gasteiger partial charge in [0.1, 0.15) is 4.83 Å². The van der Waals surface area contributed by atoms with E-state index in [2.05, 4.69) is 15.0 Å².